The van der Waals surface area contributed by atoms with Crippen LogP contribution in [0.3, 0.4) is 0 Å². The molecule has 0 heterocycles. The molecule has 2 nitrogen and oxygen atoms in total. The highest BCUT2D eigenvalue weighted by Crippen LogP contribution is 2.41. The number of aliphatic hydroxyl groups excluding tert-OH is 1. The number of hydrogen-bond acceptors (Lipinski definition) is 3. The molecule has 0 saturated carbocycles. The summed E-state index contributed by atoms with van der Waals surface area (Å²) in [6.07, 6.45) is 1.08. The number of aliphatic hydroxyl groups is 1. The smallest absolute Gasteiger partial charge is 0.173 e. The van der Waals surface area contributed by atoms with Crippen molar-refractivity contribution in [2.45, 2.75) is 38.5 Å². The quantitative estimate of drug-likeness (QED) is 0.866. The number of aryl methyl sites for hydroxylation is 1. The van der Waals surface area contributed by atoms with Gasteiger partial charge in [-0.2, -0.15) is 0 Å². The topological polar surface area (TPSA) is 37.3 Å². The van der Waals surface area contributed by atoms with Crippen LogP contribution in [0, 0.1) is 12.3 Å². The lowest BCUT2D eigenvalue weighted by atomic mass is 9.79. The standard InChI is InChI=1S/C15H18O2S/c1-10-4-6-11(7-5-10)18-14-12(16)8-15(2,3)9-13(14)17/h4-7,16H,8-9H2,1-3H3. The van der Waals surface area contributed by atoms with Crippen LogP contribution < -0.4 is 0 Å². The Morgan fingerprint density at radius 3 is 2.33 bits per heavy atom. The zero-order chi connectivity index (χ0) is 13.3. The molecule has 1 aliphatic carbocycles. The molecule has 0 saturated heterocycles. The number of carbonyl (C=O) groups excluding carboxylic acids is 1. The number of Topliss-reactive ketones (excluding diaryl/α,β-unsaturated/α-hetero) is 1. The van der Waals surface area contributed by atoms with Crippen LogP contribution in [-0.2, 0) is 4.79 Å². The predicted octanol–water partition coefficient (Wildman–Crippen LogP) is 4.25. The van der Waals surface area contributed by atoms with Crippen LogP contribution in [0.2, 0.25) is 0 Å². The molecule has 0 fully saturated rings. The molecule has 1 aliphatic rings. The minimum Gasteiger partial charge on any atom is -0.511 e. The molecule has 1 aromatic carbocycles. The number of rotatable bonds is 2. The van der Waals surface area contributed by atoms with Crippen LogP contribution in [0.25, 0.3) is 0 Å². The highest BCUT2D eigenvalue weighted by Gasteiger charge is 2.33. The first-order chi connectivity index (χ1) is 8.37. The van der Waals surface area contributed by atoms with E-state index in [0.717, 1.165) is 4.90 Å². The Kier molecular flexibility index (Phi) is 3.53. The molecule has 1 aromatic rings. The van der Waals surface area contributed by atoms with Crippen molar-refractivity contribution < 1.29 is 9.90 Å². The second kappa shape index (κ2) is 4.81. The van der Waals surface area contributed by atoms with Gasteiger partial charge in [-0.25, -0.2) is 0 Å². The van der Waals surface area contributed by atoms with Crippen molar-refractivity contribution in [2.75, 3.05) is 0 Å². The molecular formula is C15H18O2S. The normalized spacial score (nSPS) is 19.2. The Balaban J connectivity index is 2.23. The average Bonchev–Trinajstić information content (AvgIpc) is 2.24. The summed E-state index contributed by atoms with van der Waals surface area (Å²) in [6.45, 7) is 6.04. The number of carbonyl (C=O) groups is 1. The summed E-state index contributed by atoms with van der Waals surface area (Å²) >= 11 is 1.37. The highest BCUT2D eigenvalue weighted by atomic mass is 32.2. The van der Waals surface area contributed by atoms with Crippen LogP contribution in [0.1, 0.15) is 32.3 Å². The maximum atomic E-state index is 12.1. The van der Waals surface area contributed by atoms with Gasteiger partial charge >= 0.3 is 0 Å². The summed E-state index contributed by atoms with van der Waals surface area (Å²) in [5.41, 5.74) is 1.06. The van der Waals surface area contributed by atoms with Crippen molar-refractivity contribution in [1.82, 2.24) is 0 Å². The number of ketones is 1. The van der Waals surface area contributed by atoms with Gasteiger partial charge in [0.05, 0.1) is 4.91 Å². The van der Waals surface area contributed by atoms with Crippen LogP contribution in [0.5, 0.6) is 0 Å². The Hall–Kier alpha value is -1.22. The van der Waals surface area contributed by atoms with E-state index in [-0.39, 0.29) is 17.0 Å². The Morgan fingerprint density at radius 2 is 1.78 bits per heavy atom. The molecule has 18 heavy (non-hydrogen) atoms. The Morgan fingerprint density at radius 1 is 1.17 bits per heavy atom. The third-order valence-corrected chi connectivity index (χ3v) is 4.22. The average molecular weight is 262 g/mol. The molecule has 0 unspecified atom stereocenters. The summed E-state index contributed by atoms with van der Waals surface area (Å²) in [6, 6.07) is 7.98. The fourth-order valence-corrected chi connectivity index (χ4v) is 3.00. The highest BCUT2D eigenvalue weighted by molar-refractivity contribution is 8.04. The maximum absolute atomic E-state index is 12.1. The first-order valence-corrected chi connectivity index (χ1v) is 6.89. The first-order valence-electron chi connectivity index (χ1n) is 6.07. The van der Waals surface area contributed by atoms with Gasteiger partial charge in [0.15, 0.2) is 5.78 Å². The number of benzene rings is 1. The van der Waals surface area contributed by atoms with E-state index in [1.54, 1.807) is 0 Å². The summed E-state index contributed by atoms with van der Waals surface area (Å²) < 4.78 is 0. The maximum Gasteiger partial charge on any atom is 0.173 e. The summed E-state index contributed by atoms with van der Waals surface area (Å²) in [4.78, 5) is 13.6. The zero-order valence-electron chi connectivity index (χ0n) is 11.0. The second-order valence-electron chi connectivity index (χ2n) is 5.63. The van der Waals surface area contributed by atoms with Gasteiger partial charge in [-0.3, -0.25) is 4.79 Å². The SMILES string of the molecule is Cc1ccc(SC2=C(O)CC(C)(C)CC2=O)cc1. The Labute approximate surface area is 112 Å². The number of hydrogen-bond donors (Lipinski definition) is 1. The number of thioether (sulfide) groups is 1. The molecule has 96 valence electrons. The van der Waals surface area contributed by atoms with Crippen molar-refractivity contribution >= 4 is 17.5 Å². The third-order valence-electron chi connectivity index (χ3n) is 3.04. The van der Waals surface area contributed by atoms with Gasteiger partial charge in [-0.15, -0.1) is 0 Å². The molecule has 0 aromatic heterocycles. The molecule has 1 N–H and O–H groups in total. The van der Waals surface area contributed by atoms with Gasteiger partial charge in [0.1, 0.15) is 5.76 Å². The van der Waals surface area contributed by atoms with Crippen LogP contribution >= 0.6 is 11.8 Å². The van der Waals surface area contributed by atoms with E-state index in [1.165, 1.54) is 17.3 Å². The van der Waals surface area contributed by atoms with Crippen molar-refractivity contribution in [2.24, 2.45) is 5.41 Å². The molecule has 0 atom stereocenters. The van der Waals surface area contributed by atoms with Crippen LogP contribution in [-0.4, -0.2) is 10.9 Å². The third kappa shape index (κ3) is 2.96. The second-order valence-corrected chi connectivity index (χ2v) is 6.72. The minimum atomic E-state index is -0.126. The van der Waals surface area contributed by atoms with E-state index in [2.05, 4.69) is 0 Å². The fraction of sp³-hybridized carbons (Fsp3) is 0.400. The van der Waals surface area contributed by atoms with Gasteiger partial charge in [-0.1, -0.05) is 43.3 Å². The fourth-order valence-electron chi connectivity index (χ4n) is 2.11. The van der Waals surface area contributed by atoms with Crippen molar-refractivity contribution in [3.05, 3.63) is 40.5 Å². The van der Waals surface area contributed by atoms with E-state index in [4.69, 9.17) is 0 Å². The molecule has 0 radical (unpaired) electrons. The first kappa shape index (κ1) is 13.2. The largest absolute Gasteiger partial charge is 0.511 e. The molecule has 0 aliphatic heterocycles. The van der Waals surface area contributed by atoms with Crippen molar-refractivity contribution in [1.29, 1.82) is 0 Å². The molecule has 0 spiro atoms. The van der Waals surface area contributed by atoms with Gasteiger partial charge in [-0.05, 0) is 24.5 Å². The van der Waals surface area contributed by atoms with Crippen LogP contribution in [0.15, 0.2) is 39.8 Å². The van der Waals surface area contributed by atoms with E-state index >= 15 is 0 Å². The van der Waals surface area contributed by atoms with Gasteiger partial charge in [0, 0.05) is 17.7 Å². The molecular weight excluding hydrogens is 244 g/mol. The zero-order valence-corrected chi connectivity index (χ0v) is 11.8. The lowest BCUT2D eigenvalue weighted by Gasteiger charge is -2.29. The Bertz CT molecular complexity index is 498. The van der Waals surface area contributed by atoms with Gasteiger partial charge in [0.25, 0.3) is 0 Å². The summed E-state index contributed by atoms with van der Waals surface area (Å²) in [5, 5.41) is 10.0. The van der Waals surface area contributed by atoms with Crippen LogP contribution in [0.4, 0.5) is 0 Å². The van der Waals surface area contributed by atoms with Crippen molar-refractivity contribution in [3.8, 4) is 0 Å². The molecule has 2 rings (SSSR count). The van der Waals surface area contributed by atoms with E-state index < -0.39 is 0 Å². The summed E-state index contributed by atoms with van der Waals surface area (Å²) in [5.74, 6) is 0.288. The monoisotopic (exact) mass is 262 g/mol. The molecule has 3 heteroatoms. The van der Waals surface area contributed by atoms with E-state index in [9.17, 15) is 9.90 Å². The van der Waals surface area contributed by atoms with Gasteiger partial charge < -0.3 is 5.11 Å². The predicted molar refractivity (Wildman–Crippen MR) is 74.7 cm³/mol. The molecule has 0 amide bonds. The van der Waals surface area contributed by atoms with E-state index in [1.807, 2.05) is 45.0 Å². The van der Waals surface area contributed by atoms with E-state index in [0.29, 0.717) is 17.7 Å². The lowest BCUT2D eigenvalue weighted by Crippen LogP contribution is -2.24. The molecule has 0 bridgehead atoms. The lowest BCUT2D eigenvalue weighted by molar-refractivity contribution is -0.117. The van der Waals surface area contributed by atoms with Crippen molar-refractivity contribution in [3.63, 3.8) is 0 Å². The number of allylic oxidation sites excluding steroid dienone is 2. The van der Waals surface area contributed by atoms with Gasteiger partial charge in [0.2, 0.25) is 0 Å². The minimum absolute atomic E-state index is 0.0503. The summed E-state index contributed by atoms with van der Waals surface area (Å²) in [7, 11) is 0.